The van der Waals surface area contributed by atoms with Crippen LogP contribution in [0.4, 0.5) is 5.69 Å². The van der Waals surface area contributed by atoms with Crippen molar-refractivity contribution in [3.8, 4) is 5.69 Å². The number of para-hydroxylation sites is 1. The van der Waals surface area contributed by atoms with Crippen LogP contribution in [-0.2, 0) is 0 Å². The second kappa shape index (κ2) is 6.38. The van der Waals surface area contributed by atoms with E-state index in [9.17, 15) is 4.79 Å². The smallest absolute Gasteiger partial charge is 0.280 e. The van der Waals surface area contributed by atoms with Crippen LogP contribution in [0, 0.1) is 6.92 Å². The molecule has 0 atom stereocenters. The van der Waals surface area contributed by atoms with E-state index in [1.807, 2.05) is 68.4 Å². The number of H-pyrrole nitrogens is 1. The molecule has 1 aromatic heterocycles. The Morgan fingerprint density at radius 1 is 1.09 bits per heavy atom. The third kappa shape index (κ3) is 3.19. The van der Waals surface area contributed by atoms with Crippen LogP contribution in [0.3, 0.4) is 0 Å². The van der Waals surface area contributed by atoms with E-state index in [4.69, 9.17) is 0 Å². The Morgan fingerprint density at radius 2 is 1.74 bits per heavy atom. The summed E-state index contributed by atoms with van der Waals surface area (Å²) >= 11 is 3.40. The van der Waals surface area contributed by atoms with Crippen molar-refractivity contribution < 1.29 is 0 Å². The predicted molar refractivity (Wildman–Crippen MR) is 97.1 cm³/mol. The van der Waals surface area contributed by atoms with E-state index < -0.39 is 0 Å². The molecule has 1 heterocycles. The first-order valence-electron chi connectivity index (χ1n) is 7.24. The summed E-state index contributed by atoms with van der Waals surface area (Å²) in [7, 11) is 0. The van der Waals surface area contributed by atoms with Gasteiger partial charge in [0, 0.05) is 10.2 Å². The van der Waals surface area contributed by atoms with Crippen molar-refractivity contribution in [1.82, 2.24) is 9.78 Å². The van der Waals surface area contributed by atoms with Gasteiger partial charge in [0.1, 0.15) is 0 Å². The number of aromatic nitrogens is 2. The van der Waals surface area contributed by atoms with Crippen molar-refractivity contribution in [1.29, 1.82) is 0 Å². The van der Waals surface area contributed by atoms with Crippen molar-refractivity contribution in [3.63, 3.8) is 0 Å². The minimum atomic E-state index is -0.0907. The molecule has 0 unspecified atom stereocenters. The highest BCUT2D eigenvalue weighted by atomic mass is 79.9. The van der Waals surface area contributed by atoms with E-state index >= 15 is 0 Å². The molecule has 0 fully saturated rings. The second-order valence-electron chi connectivity index (χ2n) is 5.26. The van der Waals surface area contributed by atoms with Gasteiger partial charge in [0.05, 0.1) is 22.6 Å². The number of halogens is 1. The summed E-state index contributed by atoms with van der Waals surface area (Å²) < 4.78 is 2.55. The van der Waals surface area contributed by atoms with E-state index in [2.05, 4.69) is 26.0 Å². The van der Waals surface area contributed by atoms with E-state index in [1.54, 1.807) is 4.68 Å². The van der Waals surface area contributed by atoms with Crippen molar-refractivity contribution in [2.24, 2.45) is 4.99 Å². The predicted octanol–water partition coefficient (Wildman–Crippen LogP) is 4.38. The van der Waals surface area contributed by atoms with Crippen molar-refractivity contribution in [2.75, 3.05) is 0 Å². The average molecular weight is 370 g/mol. The molecular formula is C18H16BrN3O. The summed E-state index contributed by atoms with van der Waals surface area (Å²) in [5.41, 5.74) is 3.64. The highest BCUT2D eigenvalue weighted by Gasteiger charge is 2.14. The molecule has 3 rings (SSSR count). The molecule has 0 saturated heterocycles. The zero-order valence-corrected chi connectivity index (χ0v) is 14.5. The van der Waals surface area contributed by atoms with Crippen molar-refractivity contribution in [2.45, 2.75) is 13.8 Å². The maximum absolute atomic E-state index is 12.7. The van der Waals surface area contributed by atoms with E-state index in [-0.39, 0.29) is 5.56 Å². The molecule has 4 nitrogen and oxygen atoms in total. The fourth-order valence-corrected chi connectivity index (χ4v) is 2.76. The quantitative estimate of drug-likeness (QED) is 0.684. The largest absolute Gasteiger partial charge is 0.295 e. The first-order chi connectivity index (χ1) is 11.1. The lowest BCUT2D eigenvalue weighted by Gasteiger charge is -2.00. The lowest BCUT2D eigenvalue weighted by Crippen LogP contribution is -2.19. The van der Waals surface area contributed by atoms with Gasteiger partial charge in [0.15, 0.2) is 0 Å². The average Bonchev–Trinajstić information content (AvgIpc) is 2.85. The normalized spacial score (nSPS) is 11.7. The Kier molecular flexibility index (Phi) is 4.30. The first-order valence-corrected chi connectivity index (χ1v) is 8.04. The van der Waals surface area contributed by atoms with Gasteiger partial charge in [-0.1, -0.05) is 34.1 Å². The molecule has 0 aliphatic rings. The number of benzene rings is 2. The Labute approximate surface area is 142 Å². The SMILES string of the molecule is CC(=Nc1ccc(Br)cc1)c1c(C)[nH]n(-c2ccccc2)c1=O. The van der Waals surface area contributed by atoms with E-state index in [0.29, 0.717) is 11.3 Å². The fraction of sp³-hybridized carbons (Fsp3) is 0.111. The zero-order valence-electron chi connectivity index (χ0n) is 12.9. The van der Waals surface area contributed by atoms with E-state index in [0.717, 1.165) is 21.5 Å². The number of nitrogens with zero attached hydrogens (tertiary/aromatic N) is 2. The lowest BCUT2D eigenvalue weighted by molar-refractivity contribution is 0.835. The molecule has 0 bridgehead atoms. The summed E-state index contributed by atoms with van der Waals surface area (Å²) in [6, 6.07) is 17.2. The highest BCUT2D eigenvalue weighted by Crippen LogP contribution is 2.18. The summed E-state index contributed by atoms with van der Waals surface area (Å²) in [6.07, 6.45) is 0. The molecule has 116 valence electrons. The number of nitrogens with one attached hydrogen (secondary N) is 1. The maximum atomic E-state index is 12.7. The number of aryl methyl sites for hydroxylation is 1. The number of hydrogen-bond acceptors (Lipinski definition) is 2. The zero-order chi connectivity index (χ0) is 16.4. The fourth-order valence-electron chi connectivity index (χ4n) is 2.50. The number of aliphatic imine (C=N–C) groups is 1. The molecule has 1 N–H and O–H groups in total. The molecule has 5 heteroatoms. The van der Waals surface area contributed by atoms with Gasteiger partial charge < -0.3 is 0 Å². The molecule has 0 aliphatic carbocycles. The molecular weight excluding hydrogens is 354 g/mol. The number of rotatable bonds is 3. The van der Waals surface area contributed by atoms with Gasteiger partial charge in [0.25, 0.3) is 5.56 Å². The minimum absolute atomic E-state index is 0.0907. The molecule has 0 aliphatic heterocycles. The molecule has 3 aromatic rings. The lowest BCUT2D eigenvalue weighted by atomic mass is 10.1. The molecule has 0 spiro atoms. The van der Waals surface area contributed by atoms with Gasteiger partial charge in [0.2, 0.25) is 0 Å². The monoisotopic (exact) mass is 369 g/mol. The van der Waals surface area contributed by atoms with Gasteiger partial charge in [-0.25, -0.2) is 4.68 Å². The van der Waals surface area contributed by atoms with Crippen molar-refractivity contribution >= 4 is 27.3 Å². The Balaban J connectivity index is 2.05. The van der Waals surface area contributed by atoms with Crippen LogP contribution in [0.25, 0.3) is 5.69 Å². The minimum Gasteiger partial charge on any atom is -0.295 e. The van der Waals surface area contributed by atoms with Crippen LogP contribution in [0.1, 0.15) is 18.2 Å². The van der Waals surface area contributed by atoms with Crippen LogP contribution in [0.5, 0.6) is 0 Å². The van der Waals surface area contributed by atoms with Crippen LogP contribution < -0.4 is 5.56 Å². The first kappa shape index (κ1) is 15.5. The maximum Gasteiger partial charge on any atom is 0.280 e. The summed E-state index contributed by atoms with van der Waals surface area (Å²) in [5.74, 6) is 0. The van der Waals surface area contributed by atoms with Crippen molar-refractivity contribution in [3.05, 3.63) is 80.7 Å². The van der Waals surface area contributed by atoms with Crippen LogP contribution in [0.2, 0.25) is 0 Å². The van der Waals surface area contributed by atoms with Crippen LogP contribution in [-0.4, -0.2) is 15.5 Å². The van der Waals surface area contributed by atoms with Gasteiger partial charge in [-0.05, 0) is 50.2 Å². The molecule has 0 saturated carbocycles. The summed E-state index contributed by atoms with van der Waals surface area (Å²) in [4.78, 5) is 17.3. The third-order valence-electron chi connectivity index (χ3n) is 3.57. The third-order valence-corrected chi connectivity index (χ3v) is 4.10. The van der Waals surface area contributed by atoms with Gasteiger partial charge >= 0.3 is 0 Å². The molecule has 0 radical (unpaired) electrons. The topological polar surface area (TPSA) is 50.1 Å². The summed E-state index contributed by atoms with van der Waals surface area (Å²) in [5, 5.41) is 3.12. The van der Waals surface area contributed by atoms with Gasteiger partial charge in [-0.15, -0.1) is 0 Å². The van der Waals surface area contributed by atoms with Crippen LogP contribution >= 0.6 is 15.9 Å². The molecule has 0 amide bonds. The second-order valence-corrected chi connectivity index (χ2v) is 6.18. The Hall–Kier alpha value is -2.40. The van der Waals surface area contributed by atoms with E-state index in [1.165, 1.54) is 0 Å². The molecule has 2 aromatic carbocycles. The number of aromatic amines is 1. The Morgan fingerprint density at radius 3 is 2.39 bits per heavy atom. The van der Waals surface area contributed by atoms with Gasteiger partial charge in [-0.3, -0.25) is 14.9 Å². The highest BCUT2D eigenvalue weighted by molar-refractivity contribution is 9.10. The molecule has 23 heavy (non-hydrogen) atoms. The van der Waals surface area contributed by atoms with Crippen LogP contribution in [0.15, 0.2) is 68.9 Å². The standard InChI is InChI=1S/C18H16BrN3O/c1-12(20-15-10-8-14(19)9-11-15)17-13(2)21-22(18(17)23)16-6-4-3-5-7-16/h3-11,21H,1-2H3. The van der Waals surface area contributed by atoms with Gasteiger partial charge in [-0.2, -0.15) is 0 Å². The summed E-state index contributed by atoms with van der Waals surface area (Å²) in [6.45, 7) is 3.74. The number of hydrogen-bond donors (Lipinski definition) is 1. The Bertz CT molecular complexity index is 906.